The van der Waals surface area contributed by atoms with E-state index in [2.05, 4.69) is 46.2 Å². The van der Waals surface area contributed by atoms with Gasteiger partial charge in [0.05, 0.1) is 11.2 Å². The van der Waals surface area contributed by atoms with Crippen LogP contribution >= 0.6 is 0 Å². The van der Waals surface area contributed by atoms with Gasteiger partial charge in [-0.05, 0) is 38.0 Å². The number of rotatable bonds is 7. The van der Waals surface area contributed by atoms with Gasteiger partial charge in [0.25, 0.3) is 5.91 Å². The topological polar surface area (TPSA) is 71.9 Å². The van der Waals surface area contributed by atoms with E-state index < -0.39 is 0 Å². The molecule has 6 heteroatoms. The molecule has 3 rings (SSSR count). The summed E-state index contributed by atoms with van der Waals surface area (Å²) in [6, 6.07) is 7.99. The maximum atomic E-state index is 12.1. The first-order chi connectivity index (χ1) is 12.5. The second-order valence-corrected chi connectivity index (χ2v) is 7.03. The Bertz CT molecular complexity index is 888. The molecular weight excluding hydrogens is 328 g/mol. The molecule has 0 aliphatic heterocycles. The predicted molar refractivity (Wildman–Crippen MR) is 102 cm³/mol. The van der Waals surface area contributed by atoms with Gasteiger partial charge in [-0.1, -0.05) is 19.9 Å². The lowest BCUT2D eigenvalue weighted by Gasteiger charge is -2.11. The van der Waals surface area contributed by atoms with E-state index in [-0.39, 0.29) is 12.5 Å². The molecule has 2 N–H and O–H groups in total. The van der Waals surface area contributed by atoms with Crippen LogP contribution in [0.5, 0.6) is 5.75 Å². The van der Waals surface area contributed by atoms with E-state index in [1.165, 1.54) is 0 Å². The van der Waals surface area contributed by atoms with Crippen LogP contribution in [0.1, 0.15) is 30.8 Å². The molecule has 6 nitrogen and oxygen atoms in total. The first kappa shape index (κ1) is 18.0. The summed E-state index contributed by atoms with van der Waals surface area (Å²) in [6.45, 7) is 9.65. The fourth-order valence-electron chi connectivity index (χ4n) is 3.09. The molecule has 0 spiro atoms. The summed E-state index contributed by atoms with van der Waals surface area (Å²) >= 11 is 0. The number of carbonyl (C=O) groups excluding carboxylic acids is 1. The minimum Gasteiger partial charge on any atom is -0.483 e. The molecule has 0 fully saturated rings. The average Bonchev–Trinajstić information content (AvgIpc) is 3.15. The van der Waals surface area contributed by atoms with Crippen LogP contribution in [-0.4, -0.2) is 27.3 Å². The standard InChI is InChI=1S/C20H26N4O2/c1-13(2)11-24-9-8-16-18(24)6-5-7-19(16)26-12-20(25)21-10-17-14(3)22-23-15(17)4/h5-9,13H,10-12H2,1-4H3,(H,21,25)(H,22,23). The zero-order valence-electron chi connectivity index (χ0n) is 15.8. The third-order valence-corrected chi connectivity index (χ3v) is 4.44. The van der Waals surface area contributed by atoms with Crippen LogP contribution in [0.25, 0.3) is 10.9 Å². The Balaban J connectivity index is 1.62. The number of aryl methyl sites for hydroxylation is 2. The van der Waals surface area contributed by atoms with Crippen molar-refractivity contribution in [3.63, 3.8) is 0 Å². The number of carbonyl (C=O) groups is 1. The van der Waals surface area contributed by atoms with Crippen molar-refractivity contribution >= 4 is 16.8 Å². The molecule has 0 radical (unpaired) electrons. The van der Waals surface area contributed by atoms with Gasteiger partial charge < -0.3 is 14.6 Å². The minimum absolute atomic E-state index is 0.00950. The summed E-state index contributed by atoms with van der Waals surface area (Å²) < 4.78 is 8.00. The van der Waals surface area contributed by atoms with E-state index in [0.29, 0.717) is 12.5 Å². The van der Waals surface area contributed by atoms with Gasteiger partial charge in [-0.15, -0.1) is 0 Å². The Morgan fingerprint density at radius 2 is 2.12 bits per heavy atom. The maximum absolute atomic E-state index is 12.1. The van der Waals surface area contributed by atoms with Crippen LogP contribution in [0.2, 0.25) is 0 Å². The lowest BCUT2D eigenvalue weighted by molar-refractivity contribution is -0.123. The molecule has 0 saturated carbocycles. The zero-order chi connectivity index (χ0) is 18.7. The van der Waals surface area contributed by atoms with E-state index in [0.717, 1.165) is 40.1 Å². The number of nitrogens with one attached hydrogen (secondary N) is 2. The van der Waals surface area contributed by atoms with Crippen molar-refractivity contribution in [1.29, 1.82) is 0 Å². The molecule has 1 aromatic carbocycles. The summed E-state index contributed by atoms with van der Waals surface area (Å²) in [6.07, 6.45) is 2.07. The van der Waals surface area contributed by atoms with Gasteiger partial charge >= 0.3 is 0 Å². The summed E-state index contributed by atoms with van der Waals surface area (Å²) in [5.74, 6) is 1.15. The first-order valence-corrected chi connectivity index (χ1v) is 8.93. The third kappa shape index (κ3) is 3.90. The SMILES string of the molecule is Cc1n[nH]c(C)c1CNC(=O)COc1cccc2c1ccn2CC(C)C. The van der Waals surface area contributed by atoms with Crippen molar-refractivity contribution in [2.75, 3.05) is 6.61 Å². The van der Waals surface area contributed by atoms with Crippen molar-refractivity contribution in [3.8, 4) is 5.75 Å². The van der Waals surface area contributed by atoms with Gasteiger partial charge in [-0.3, -0.25) is 9.89 Å². The molecule has 0 atom stereocenters. The fraction of sp³-hybridized carbons (Fsp3) is 0.400. The van der Waals surface area contributed by atoms with Crippen LogP contribution in [0.4, 0.5) is 0 Å². The van der Waals surface area contributed by atoms with Crippen LogP contribution in [0.15, 0.2) is 30.5 Å². The van der Waals surface area contributed by atoms with E-state index in [4.69, 9.17) is 4.74 Å². The highest BCUT2D eigenvalue weighted by Crippen LogP contribution is 2.27. The highest BCUT2D eigenvalue weighted by atomic mass is 16.5. The van der Waals surface area contributed by atoms with E-state index in [9.17, 15) is 4.79 Å². The number of aromatic amines is 1. The number of aromatic nitrogens is 3. The second kappa shape index (κ2) is 7.64. The van der Waals surface area contributed by atoms with Crippen LogP contribution in [0.3, 0.4) is 0 Å². The van der Waals surface area contributed by atoms with Crippen LogP contribution < -0.4 is 10.1 Å². The van der Waals surface area contributed by atoms with Crippen molar-refractivity contribution in [3.05, 3.63) is 47.4 Å². The molecule has 26 heavy (non-hydrogen) atoms. The molecule has 0 aliphatic rings. The van der Waals surface area contributed by atoms with Gasteiger partial charge in [-0.2, -0.15) is 5.10 Å². The first-order valence-electron chi connectivity index (χ1n) is 8.93. The molecule has 0 saturated heterocycles. The highest BCUT2D eigenvalue weighted by molar-refractivity contribution is 5.87. The Kier molecular flexibility index (Phi) is 5.30. The lowest BCUT2D eigenvalue weighted by atomic mass is 10.2. The van der Waals surface area contributed by atoms with Crippen LogP contribution in [-0.2, 0) is 17.9 Å². The smallest absolute Gasteiger partial charge is 0.258 e. The fourth-order valence-corrected chi connectivity index (χ4v) is 3.09. The Morgan fingerprint density at radius 1 is 1.31 bits per heavy atom. The van der Waals surface area contributed by atoms with Gasteiger partial charge in [-0.25, -0.2) is 0 Å². The Labute approximate surface area is 153 Å². The monoisotopic (exact) mass is 354 g/mol. The van der Waals surface area contributed by atoms with Gasteiger partial charge in [0.15, 0.2) is 6.61 Å². The number of amides is 1. The Hall–Kier alpha value is -2.76. The number of hydrogen-bond donors (Lipinski definition) is 2. The average molecular weight is 354 g/mol. The van der Waals surface area contributed by atoms with Crippen molar-refractivity contribution < 1.29 is 9.53 Å². The molecule has 2 heterocycles. The number of benzene rings is 1. The summed E-state index contributed by atoms with van der Waals surface area (Å²) in [4.78, 5) is 12.1. The van der Waals surface area contributed by atoms with Gasteiger partial charge in [0, 0.05) is 35.9 Å². The number of hydrogen-bond acceptors (Lipinski definition) is 3. The van der Waals surface area contributed by atoms with Crippen molar-refractivity contribution in [1.82, 2.24) is 20.1 Å². The van der Waals surface area contributed by atoms with E-state index in [1.54, 1.807) is 0 Å². The molecular formula is C20H26N4O2. The molecule has 0 aliphatic carbocycles. The van der Waals surface area contributed by atoms with Gasteiger partial charge in [0.1, 0.15) is 5.75 Å². The normalized spacial score (nSPS) is 11.3. The van der Waals surface area contributed by atoms with Crippen LogP contribution in [0, 0.1) is 19.8 Å². The van der Waals surface area contributed by atoms with Gasteiger partial charge in [0.2, 0.25) is 0 Å². The minimum atomic E-state index is -0.149. The van der Waals surface area contributed by atoms with Crippen molar-refractivity contribution in [2.24, 2.45) is 5.92 Å². The highest BCUT2D eigenvalue weighted by Gasteiger charge is 2.11. The summed E-state index contributed by atoms with van der Waals surface area (Å²) in [7, 11) is 0. The van der Waals surface area contributed by atoms with Crippen molar-refractivity contribution in [2.45, 2.75) is 40.8 Å². The molecule has 0 unspecified atom stereocenters. The largest absolute Gasteiger partial charge is 0.483 e. The zero-order valence-corrected chi connectivity index (χ0v) is 15.8. The summed E-state index contributed by atoms with van der Waals surface area (Å²) in [5.41, 5.74) is 4.02. The maximum Gasteiger partial charge on any atom is 0.258 e. The molecule has 1 amide bonds. The number of fused-ring (bicyclic) bond motifs is 1. The molecule has 3 aromatic rings. The quantitative estimate of drug-likeness (QED) is 0.683. The predicted octanol–water partition coefficient (Wildman–Crippen LogP) is 3.33. The Morgan fingerprint density at radius 3 is 2.81 bits per heavy atom. The van der Waals surface area contributed by atoms with E-state index in [1.807, 2.05) is 32.0 Å². The number of H-pyrrole nitrogens is 1. The lowest BCUT2D eigenvalue weighted by Crippen LogP contribution is -2.28. The van der Waals surface area contributed by atoms with E-state index >= 15 is 0 Å². The molecule has 138 valence electrons. The third-order valence-electron chi connectivity index (χ3n) is 4.44. The molecule has 2 aromatic heterocycles. The second-order valence-electron chi connectivity index (χ2n) is 7.03. The number of nitrogens with zero attached hydrogens (tertiary/aromatic N) is 2. The molecule has 0 bridgehead atoms. The summed E-state index contributed by atoms with van der Waals surface area (Å²) in [5, 5.41) is 11.0. The number of ether oxygens (including phenoxy) is 1.